The predicted molar refractivity (Wildman–Crippen MR) is 123 cm³/mol. The van der Waals surface area contributed by atoms with E-state index in [1.807, 2.05) is 56.3 Å². The molecule has 144 valence electrons. The van der Waals surface area contributed by atoms with Gasteiger partial charge in [-0.1, -0.05) is 44.0 Å². The Hall–Kier alpha value is 0.0200. The molecule has 0 radical (unpaired) electrons. The summed E-state index contributed by atoms with van der Waals surface area (Å²) in [6.45, 7) is 8.74. The number of aliphatic hydroxyl groups is 1. The highest BCUT2D eigenvalue weighted by atomic mass is 79.9. The number of rotatable bonds is 3. The maximum Gasteiger partial charge on any atom is 0.0860 e. The summed E-state index contributed by atoms with van der Waals surface area (Å²) in [5.74, 6) is 0.712. The summed E-state index contributed by atoms with van der Waals surface area (Å²) in [7, 11) is 0. The molecule has 0 amide bonds. The molecule has 0 atom stereocenters. The van der Waals surface area contributed by atoms with Crippen molar-refractivity contribution in [2.45, 2.75) is 48.7 Å². The van der Waals surface area contributed by atoms with Crippen LogP contribution in [0.4, 0.5) is 0 Å². The van der Waals surface area contributed by atoms with Gasteiger partial charge in [0.1, 0.15) is 0 Å². The maximum atomic E-state index is 9.52. The second-order valence-corrected chi connectivity index (χ2v) is 10.5. The van der Waals surface area contributed by atoms with Gasteiger partial charge in [0, 0.05) is 24.5 Å². The predicted octanol–water partition coefficient (Wildman–Crippen LogP) is 6.85. The highest BCUT2D eigenvalue weighted by Gasteiger charge is 2.32. The van der Waals surface area contributed by atoms with Crippen LogP contribution >= 0.6 is 56.3 Å². The molecule has 1 heterocycles. The van der Waals surface area contributed by atoms with E-state index < -0.39 is 5.60 Å². The van der Waals surface area contributed by atoms with Crippen molar-refractivity contribution in [2.75, 3.05) is 12.4 Å². The summed E-state index contributed by atoms with van der Waals surface area (Å²) in [6.07, 6.45) is 0. The summed E-state index contributed by atoms with van der Waals surface area (Å²) < 4.78 is 7.05. The summed E-state index contributed by atoms with van der Waals surface area (Å²) in [4.78, 5) is 2.16. The van der Waals surface area contributed by atoms with E-state index in [1.165, 1.54) is 4.90 Å². The molecule has 2 aromatic rings. The Morgan fingerprint density at radius 1 is 1.12 bits per heavy atom. The van der Waals surface area contributed by atoms with E-state index in [2.05, 4.69) is 64.4 Å². The van der Waals surface area contributed by atoms with Gasteiger partial charge in [-0.05, 0) is 64.1 Å². The zero-order valence-corrected chi connectivity index (χ0v) is 20.4. The van der Waals surface area contributed by atoms with Crippen LogP contribution in [0.1, 0.15) is 27.7 Å². The van der Waals surface area contributed by atoms with Gasteiger partial charge in [0.05, 0.1) is 17.8 Å². The van der Waals surface area contributed by atoms with E-state index in [1.54, 1.807) is 11.8 Å². The average molecular weight is 522 g/mol. The lowest BCUT2D eigenvalue weighted by molar-refractivity contribution is 0.107. The van der Waals surface area contributed by atoms with Crippen molar-refractivity contribution in [1.82, 2.24) is 0 Å². The first kappa shape index (κ1) is 24.1. The summed E-state index contributed by atoms with van der Waals surface area (Å²) in [6, 6.07) is 15.9. The van der Waals surface area contributed by atoms with Crippen LogP contribution < -0.4 is 0 Å². The fourth-order valence-electron chi connectivity index (χ4n) is 1.44. The smallest absolute Gasteiger partial charge is 0.0860 e. The lowest BCUT2D eigenvalue weighted by atomic mass is 10.2. The highest BCUT2D eigenvalue weighted by Crippen LogP contribution is 2.25. The SMILES string of the molecule is CC(C)(O)CSc1cccc(Br)c1.CC1(C)CO1.Sc1cccc(Br)c1. The van der Waals surface area contributed by atoms with Gasteiger partial charge in [-0.25, -0.2) is 0 Å². The largest absolute Gasteiger partial charge is 0.390 e. The Bertz CT molecular complexity index is 662. The van der Waals surface area contributed by atoms with Gasteiger partial charge in [-0.3, -0.25) is 0 Å². The lowest BCUT2D eigenvalue weighted by Crippen LogP contribution is -2.21. The number of thioether (sulfide) groups is 1. The number of halogens is 2. The quantitative estimate of drug-likeness (QED) is 0.263. The summed E-state index contributed by atoms with van der Waals surface area (Å²) in [5.41, 5.74) is -0.354. The molecule has 1 N–H and O–H groups in total. The summed E-state index contributed by atoms with van der Waals surface area (Å²) in [5, 5.41) is 9.52. The first-order valence-corrected chi connectivity index (χ1v) is 11.2. The molecule has 1 fully saturated rings. The molecule has 0 aliphatic carbocycles. The highest BCUT2D eigenvalue weighted by molar-refractivity contribution is 9.10. The van der Waals surface area contributed by atoms with Crippen molar-refractivity contribution in [3.05, 3.63) is 57.5 Å². The van der Waals surface area contributed by atoms with Gasteiger partial charge in [0.2, 0.25) is 0 Å². The zero-order chi connectivity index (χ0) is 19.8. The topological polar surface area (TPSA) is 32.8 Å². The number of hydrogen-bond donors (Lipinski definition) is 2. The number of hydrogen-bond acceptors (Lipinski definition) is 4. The van der Waals surface area contributed by atoms with Gasteiger partial charge in [-0.15, -0.1) is 24.4 Å². The van der Waals surface area contributed by atoms with Crippen LogP contribution in [0.5, 0.6) is 0 Å². The van der Waals surface area contributed by atoms with Crippen molar-refractivity contribution < 1.29 is 9.84 Å². The molecule has 3 rings (SSSR count). The second kappa shape index (κ2) is 11.1. The molecule has 1 aliphatic heterocycles. The fraction of sp³-hybridized carbons (Fsp3) is 0.400. The van der Waals surface area contributed by atoms with Crippen LogP contribution in [0, 0.1) is 0 Å². The van der Waals surface area contributed by atoms with Gasteiger partial charge in [0.25, 0.3) is 0 Å². The molecule has 1 saturated heterocycles. The fourth-order valence-corrected chi connectivity index (χ4v) is 3.69. The van der Waals surface area contributed by atoms with E-state index >= 15 is 0 Å². The van der Waals surface area contributed by atoms with E-state index in [9.17, 15) is 5.11 Å². The van der Waals surface area contributed by atoms with Crippen LogP contribution in [0.15, 0.2) is 67.3 Å². The Balaban J connectivity index is 0.000000219. The number of thiol groups is 1. The molecule has 26 heavy (non-hydrogen) atoms. The van der Waals surface area contributed by atoms with Crippen LogP contribution in [-0.2, 0) is 4.74 Å². The van der Waals surface area contributed by atoms with Crippen LogP contribution in [0.25, 0.3) is 0 Å². The van der Waals surface area contributed by atoms with Crippen molar-refractivity contribution in [2.24, 2.45) is 0 Å². The van der Waals surface area contributed by atoms with Crippen LogP contribution in [0.2, 0.25) is 0 Å². The molecule has 6 heteroatoms. The third-order valence-corrected chi connectivity index (χ3v) is 5.62. The second-order valence-electron chi connectivity index (χ2n) is 7.09. The van der Waals surface area contributed by atoms with Crippen molar-refractivity contribution in [1.29, 1.82) is 0 Å². The molecule has 0 aromatic heterocycles. The average Bonchev–Trinajstić information content (AvgIpc) is 3.21. The number of epoxide rings is 1. The third-order valence-electron chi connectivity index (χ3n) is 2.92. The van der Waals surface area contributed by atoms with E-state index in [4.69, 9.17) is 4.74 Å². The van der Waals surface area contributed by atoms with Gasteiger partial charge >= 0.3 is 0 Å². The van der Waals surface area contributed by atoms with Gasteiger partial charge in [-0.2, -0.15) is 0 Å². The molecule has 0 unspecified atom stereocenters. The normalized spacial score (nSPS) is 14.5. The Morgan fingerprint density at radius 2 is 1.62 bits per heavy atom. The Labute approximate surface area is 183 Å². The molecule has 2 nitrogen and oxygen atoms in total. The minimum Gasteiger partial charge on any atom is -0.390 e. The van der Waals surface area contributed by atoms with E-state index in [0.29, 0.717) is 5.75 Å². The molecule has 2 aromatic carbocycles. The van der Waals surface area contributed by atoms with Crippen molar-refractivity contribution >= 4 is 56.3 Å². The first-order chi connectivity index (χ1) is 12.0. The number of ether oxygens (including phenoxy) is 1. The lowest BCUT2D eigenvalue weighted by Gasteiger charge is -2.15. The Kier molecular flexibility index (Phi) is 10.3. The minimum absolute atomic E-state index is 0.250. The molecular weight excluding hydrogens is 496 g/mol. The monoisotopic (exact) mass is 520 g/mol. The molecular formula is C20H26Br2O2S2. The zero-order valence-electron chi connectivity index (χ0n) is 15.5. The van der Waals surface area contributed by atoms with Crippen molar-refractivity contribution in [3.8, 4) is 0 Å². The molecule has 0 bridgehead atoms. The molecule has 1 aliphatic rings. The third kappa shape index (κ3) is 13.2. The molecule has 0 saturated carbocycles. The van der Waals surface area contributed by atoms with Gasteiger partial charge < -0.3 is 9.84 Å². The van der Waals surface area contributed by atoms with Crippen molar-refractivity contribution in [3.63, 3.8) is 0 Å². The maximum absolute atomic E-state index is 9.52. The van der Waals surface area contributed by atoms with E-state index in [-0.39, 0.29) is 5.60 Å². The minimum atomic E-state index is -0.604. The van der Waals surface area contributed by atoms with Crippen LogP contribution in [-0.4, -0.2) is 28.7 Å². The summed E-state index contributed by atoms with van der Waals surface area (Å²) >= 11 is 12.5. The van der Waals surface area contributed by atoms with Gasteiger partial charge in [0.15, 0.2) is 0 Å². The molecule has 0 spiro atoms. The van der Waals surface area contributed by atoms with E-state index in [0.717, 1.165) is 20.4 Å². The number of benzene rings is 2. The van der Waals surface area contributed by atoms with Crippen LogP contribution in [0.3, 0.4) is 0 Å². The standard InChI is InChI=1S/C10H13BrOS.C6H5BrS.C4H8O/c1-10(2,12)7-13-9-5-3-4-8(11)6-9;7-5-2-1-3-6(8)4-5;1-4(2)3-5-4/h3-6,12H,7H2,1-2H3;1-4,8H;3H2,1-2H3. The first-order valence-electron chi connectivity index (χ1n) is 8.16. The Morgan fingerprint density at radius 3 is 1.96 bits per heavy atom.